The normalized spacial score (nSPS) is 20.6. The van der Waals surface area contributed by atoms with Crippen molar-refractivity contribution in [2.75, 3.05) is 37.3 Å². The largest absolute Gasteiger partial charge is 0.473 e. The zero-order valence-electron chi connectivity index (χ0n) is 13.5. The van der Waals surface area contributed by atoms with E-state index in [1.807, 2.05) is 13.8 Å². The molecule has 1 unspecified atom stereocenters. The van der Waals surface area contributed by atoms with E-state index in [2.05, 4.69) is 33.7 Å². The van der Waals surface area contributed by atoms with Gasteiger partial charge in [-0.3, -0.25) is 0 Å². The highest BCUT2D eigenvalue weighted by Gasteiger charge is 2.26. The molecule has 0 spiro atoms. The Bertz CT molecular complexity index is 465. The van der Waals surface area contributed by atoms with Crippen molar-refractivity contribution in [2.24, 2.45) is 0 Å². The Labute approximate surface area is 127 Å². The van der Waals surface area contributed by atoms with Crippen LogP contribution in [0.1, 0.15) is 33.6 Å². The van der Waals surface area contributed by atoms with Gasteiger partial charge in [0.2, 0.25) is 5.88 Å². The van der Waals surface area contributed by atoms with Crippen LogP contribution in [0.15, 0.2) is 6.33 Å². The number of nitrogens with two attached hydrogens (primary N) is 1. The van der Waals surface area contributed by atoms with Crippen molar-refractivity contribution in [3.63, 3.8) is 0 Å². The van der Waals surface area contributed by atoms with Crippen LogP contribution < -0.4 is 15.4 Å². The molecule has 118 valence electrons. The van der Waals surface area contributed by atoms with Gasteiger partial charge < -0.3 is 20.3 Å². The Morgan fingerprint density at radius 1 is 1.38 bits per heavy atom. The summed E-state index contributed by atoms with van der Waals surface area (Å²) in [4.78, 5) is 13.3. The molecule has 0 saturated carbocycles. The van der Waals surface area contributed by atoms with Crippen molar-refractivity contribution in [3.8, 4) is 5.88 Å². The third-order valence-corrected chi connectivity index (χ3v) is 3.82. The highest BCUT2D eigenvalue weighted by Crippen LogP contribution is 2.31. The number of nitrogens with zero attached hydrogens (tertiary/aromatic N) is 4. The Hall–Kier alpha value is -1.56. The summed E-state index contributed by atoms with van der Waals surface area (Å²) >= 11 is 0. The number of nitrogen functional groups attached to an aromatic ring is 1. The lowest BCUT2D eigenvalue weighted by Gasteiger charge is -2.32. The van der Waals surface area contributed by atoms with Crippen molar-refractivity contribution in [2.45, 2.75) is 45.8 Å². The zero-order chi connectivity index (χ0) is 15.4. The monoisotopic (exact) mass is 293 g/mol. The van der Waals surface area contributed by atoms with E-state index < -0.39 is 0 Å². The van der Waals surface area contributed by atoms with Crippen molar-refractivity contribution < 1.29 is 4.74 Å². The molecule has 21 heavy (non-hydrogen) atoms. The fourth-order valence-electron chi connectivity index (χ4n) is 2.79. The topological polar surface area (TPSA) is 67.5 Å². The van der Waals surface area contributed by atoms with Gasteiger partial charge >= 0.3 is 0 Å². The van der Waals surface area contributed by atoms with Gasteiger partial charge in [0.05, 0.1) is 6.10 Å². The van der Waals surface area contributed by atoms with Crippen molar-refractivity contribution in [1.82, 2.24) is 14.9 Å². The standard InChI is InChI=1S/C15H27N5O/c1-5-12-9-19(4)7-6-8-20(12)14-13(16)15(18-10-17-14)21-11(2)3/h10-12H,5-9,16H2,1-4H3. The quantitative estimate of drug-likeness (QED) is 0.912. The first kappa shape index (κ1) is 15.8. The number of hydrogen-bond acceptors (Lipinski definition) is 6. The summed E-state index contributed by atoms with van der Waals surface area (Å²) in [6.07, 6.45) is 3.77. The first-order chi connectivity index (χ1) is 10.0. The fraction of sp³-hybridized carbons (Fsp3) is 0.733. The number of anilines is 2. The molecule has 1 aromatic heterocycles. The minimum atomic E-state index is 0.0484. The van der Waals surface area contributed by atoms with E-state index in [4.69, 9.17) is 10.5 Å². The summed E-state index contributed by atoms with van der Waals surface area (Å²) < 4.78 is 5.68. The molecule has 0 aliphatic carbocycles. The molecule has 6 heteroatoms. The summed E-state index contributed by atoms with van der Waals surface area (Å²) in [5.41, 5.74) is 6.81. The van der Waals surface area contributed by atoms with E-state index in [0.717, 1.165) is 38.3 Å². The molecule has 1 aliphatic heterocycles. The van der Waals surface area contributed by atoms with Gasteiger partial charge in [0.25, 0.3) is 0 Å². The molecule has 0 amide bonds. The van der Waals surface area contributed by atoms with Crippen molar-refractivity contribution in [3.05, 3.63) is 6.33 Å². The molecular weight excluding hydrogens is 266 g/mol. The Kier molecular flexibility index (Phi) is 5.22. The van der Waals surface area contributed by atoms with Crippen LogP contribution in [0.5, 0.6) is 5.88 Å². The van der Waals surface area contributed by atoms with Crippen molar-refractivity contribution >= 4 is 11.5 Å². The highest BCUT2D eigenvalue weighted by atomic mass is 16.5. The average molecular weight is 293 g/mol. The lowest BCUT2D eigenvalue weighted by molar-refractivity contribution is 0.234. The number of likely N-dealkylation sites (N-methyl/N-ethyl adjacent to an activating group) is 1. The van der Waals surface area contributed by atoms with Crippen molar-refractivity contribution in [1.29, 1.82) is 0 Å². The summed E-state index contributed by atoms with van der Waals surface area (Å²) in [6, 6.07) is 0.418. The molecular formula is C15H27N5O. The van der Waals surface area contributed by atoms with Gasteiger partial charge in [-0.25, -0.2) is 4.98 Å². The van der Waals surface area contributed by atoms with Gasteiger partial charge in [-0.1, -0.05) is 6.92 Å². The number of ether oxygens (including phenoxy) is 1. The highest BCUT2D eigenvalue weighted by molar-refractivity contribution is 5.68. The maximum absolute atomic E-state index is 6.26. The minimum Gasteiger partial charge on any atom is -0.473 e. The van der Waals surface area contributed by atoms with Gasteiger partial charge in [0, 0.05) is 19.1 Å². The van der Waals surface area contributed by atoms with E-state index in [1.54, 1.807) is 6.33 Å². The second-order valence-electron chi connectivity index (χ2n) is 5.95. The predicted octanol–water partition coefficient (Wildman–Crippen LogP) is 1.77. The smallest absolute Gasteiger partial charge is 0.242 e. The second kappa shape index (κ2) is 6.93. The molecule has 2 rings (SSSR count). The lowest BCUT2D eigenvalue weighted by Crippen LogP contribution is -2.40. The summed E-state index contributed by atoms with van der Waals surface area (Å²) in [6.45, 7) is 9.24. The molecule has 1 aromatic rings. The van der Waals surface area contributed by atoms with E-state index >= 15 is 0 Å². The molecule has 0 aromatic carbocycles. The van der Waals surface area contributed by atoms with E-state index in [0.29, 0.717) is 17.6 Å². The third-order valence-electron chi connectivity index (χ3n) is 3.82. The molecule has 2 heterocycles. The van der Waals surface area contributed by atoms with Crippen LogP contribution in [0, 0.1) is 0 Å². The summed E-state index contributed by atoms with van der Waals surface area (Å²) in [7, 11) is 2.17. The van der Waals surface area contributed by atoms with Gasteiger partial charge in [-0.05, 0) is 40.3 Å². The zero-order valence-corrected chi connectivity index (χ0v) is 13.5. The molecule has 1 aliphatic rings. The van der Waals surface area contributed by atoms with Crippen LogP contribution in [-0.2, 0) is 0 Å². The Morgan fingerprint density at radius 3 is 2.81 bits per heavy atom. The number of hydrogen-bond donors (Lipinski definition) is 1. The first-order valence-electron chi connectivity index (χ1n) is 7.75. The lowest BCUT2D eigenvalue weighted by atomic mass is 10.2. The summed E-state index contributed by atoms with van der Waals surface area (Å²) in [5, 5.41) is 0. The van der Waals surface area contributed by atoms with Crippen LogP contribution in [0.25, 0.3) is 0 Å². The molecule has 0 radical (unpaired) electrons. The van der Waals surface area contributed by atoms with Crippen LogP contribution in [0.4, 0.5) is 11.5 Å². The van der Waals surface area contributed by atoms with E-state index in [1.165, 1.54) is 0 Å². The Morgan fingerprint density at radius 2 is 2.14 bits per heavy atom. The van der Waals surface area contributed by atoms with Gasteiger partial charge in [0.15, 0.2) is 5.82 Å². The molecule has 2 N–H and O–H groups in total. The summed E-state index contributed by atoms with van der Waals surface area (Å²) in [5.74, 6) is 1.30. The number of aromatic nitrogens is 2. The maximum Gasteiger partial charge on any atom is 0.242 e. The molecule has 1 saturated heterocycles. The SMILES string of the molecule is CCC1CN(C)CCCN1c1ncnc(OC(C)C)c1N. The van der Waals surface area contributed by atoms with Crippen LogP contribution >= 0.6 is 0 Å². The molecule has 6 nitrogen and oxygen atoms in total. The van der Waals surface area contributed by atoms with E-state index in [-0.39, 0.29) is 6.10 Å². The minimum absolute atomic E-state index is 0.0484. The predicted molar refractivity (Wildman–Crippen MR) is 85.7 cm³/mol. The van der Waals surface area contributed by atoms with Gasteiger partial charge in [-0.2, -0.15) is 4.98 Å². The maximum atomic E-state index is 6.26. The Balaban J connectivity index is 2.30. The van der Waals surface area contributed by atoms with Gasteiger partial charge in [-0.15, -0.1) is 0 Å². The van der Waals surface area contributed by atoms with Crippen LogP contribution in [0.3, 0.4) is 0 Å². The average Bonchev–Trinajstić information content (AvgIpc) is 2.62. The third kappa shape index (κ3) is 3.75. The molecule has 1 atom stereocenters. The van der Waals surface area contributed by atoms with Crippen LogP contribution in [0.2, 0.25) is 0 Å². The van der Waals surface area contributed by atoms with E-state index in [9.17, 15) is 0 Å². The van der Waals surface area contributed by atoms with Gasteiger partial charge in [0.1, 0.15) is 12.0 Å². The number of rotatable bonds is 4. The first-order valence-corrected chi connectivity index (χ1v) is 7.75. The second-order valence-corrected chi connectivity index (χ2v) is 5.95. The molecule has 0 bridgehead atoms. The fourth-order valence-corrected chi connectivity index (χ4v) is 2.79. The van der Waals surface area contributed by atoms with Crippen LogP contribution in [-0.4, -0.2) is 53.7 Å². The molecule has 1 fully saturated rings.